The van der Waals surface area contributed by atoms with Crippen LogP contribution in [0.15, 0.2) is 24.7 Å². The summed E-state index contributed by atoms with van der Waals surface area (Å²) in [5.74, 6) is 1.40. The molecule has 0 bridgehead atoms. The summed E-state index contributed by atoms with van der Waals surface area (Å²) in [6.45, 7) is 2.45. The molecule has 166 valence electrons. The lowest BCUT2D eigenvalue weighted by molar-refractivity contribution is -0.179. The number of amides is 1. The number of carbonyl (C=O) groups excluding carboxylic acids is 1. The van der Waals surface area contributed by atoms with Gasteiger partial charge in [-0.1, -0.05) is 0 Å². The largest absolute Gasteiger partial charge is 0.494 e. The first-order valence-corrected chi connectivity index (χ1v) is 11.3. The van der Waals surface area contributed by atoms with Crippen molar-refractivity contribution in [2.45, 2.75) is 26.2 Å². The molecule has 1 amide bonds. The van der Waals surface area contributed by atoms with Crippen LogP contribution in [0, 0.1) is 5.92 Å². The van der Waals surface area contributed by atoms with E-state index >= 15 is 0 Å². The molecule has 3 aromatic heterocycles. The molecule has 5 rings (SSSR count). The number of carbonyl (C=O) groups is 1. The number of nitrogens with zero attached hydrogens (tertiary/aromatic N) is 4. The monoisotopic (exact) mass is 452 g/mol. The summed E-state index contributed by atoms with van der Waals surface area (Å²) < 4.78 is 5.58. The summed E-state index contributed by atoms with van der Waals surface area (Å²) >= 11 is 1.64. The summed E-state index contributed by atoms with van der Waals surface area (Å²) in [5, 5.41) is 13.9. The van der Waals surface area contributed by atoms with Gasteiger partial charge in [0.15, 0.2) is 0 Å². The van der Waals surface area contributed by atoms with Crippen molar-refractivity contribution in [3.8, 4) is 5.75 Å². The Morgan fingerprint density at radius 1 is 1.34 bits per heavy atom. The topological polar surface area (TPSA) is 105 Å². The van der Waals surface area contributed by atoms with Gasteiger partial charge in [0.2, 0.25) is 5.91 Å². The van der Waals surface area contributed by atoms with Crippen molar-refractivity contribution in [1.29, 1.82) is 0 Å². The average molecular weight is 453 g/mol. The molecule has 1 aliphatic carbocycles. The van der Waals surface area contributed by atoms with E-state index in [2.05, 4.69) is 25.5 Å². The first-order chi connectivity index (χ1) is 15.6. The van der Waals surface area contributed by atoms with Gasteiger partial charge in [0.1, 0.15) is 22.7 Å². The normalized spacial score (nSPS) is 15.7. The molecule has 10 heteroatoms. The van der Waals surface area contributed by atoms with Crippen LogP contribution in [0.4, 0.5) is 11.5 Å². The highest BCUT2D eigenvalue weighted by Crippen LogP contribution is 2.41. The van der Waals surface area contributed by atoms with E-state index in [4.69, 9.17) is 9.57 Å². The molecule has 1 atom stereocenters. The molecule has 9 nitrogen and oxygen atoms in total. The van der Waals surface area contributed by atoms with Gasteiger partial charge in [0.05, 0.1) is 37.0 Å². The van der Waals surface area contributed by atoms with Crippen LogP contribution in [0.3, 0.4) is 0 Å². The van der Waals surface area contributed by atoms with Crippen LogP contribution in [0.1, 0.15) is 23.8 Å². The van der Waals surface area contributed by atoms with Crippen LogP contribution in [0.5, 0.6) is 5.75 Å². The average Bonchev–Trinajstić information content (AvgIpc) is 3.42. The molecule has 3 heterocycles. The first-order valence-electron chi connectivity index (χ1n) is 10.5. The van der Waals surface area contributed by atoms with Crippen molar-refractivity contribution >= 4 is 49.9 Å². The number of methoxy groups -OCH3 is 1. The second kappa shape index (κ2) is 8.36. The Bertz CT molecular complexity index is 1300. The molecule has 1 aliphatic rings. The second-order valence-electron chi connectivity index (χ2n) is 7.70. The maximum absolute atomic E-state index is 12.8. The van der Waals surface area contributed by atoms with E-state index in [1.165, 1.54) is 22.6 Å². The molecule has 32 heavy (non-hydrogen) atoms. The fourth-order valence-electron chi connectivity index (χ4n) is 4.36. The molecule has 4 aromatic rings. The Morgan fingerprint density at radius 2 is 2.22 bits per heavy atom. The van der Waals surface area contributed by atoms with Gasteiger partial charge >= 0.3 is 0 Å². The summed E-state index contributed by atoms with van der Waals surface area (Å²) in [5.41, 5.74) is 2.94. The number of hydrogen-bond acceptors (Lipinski definition) is 8. The number of aromatic nitrogens is 4. The highest BCUT2D eigenvalue weighted by molar-refractivity contribution is 7.19. The van der Waals surface area contributed by atoms with Crippen LogP contribution < -0.4 is 10.1 Å². The lowest BCUT2D eigenvalue weighted by Gasteiger charge is -2.26. The van der Waals surface area contributed by atoms with E-state index < -0.39 is 0 Å². The number of benzene rings is 1. The highest BCUT2D eigenvalue weighted by Gasteiger charge is 2.31. The quantitative estimate of drug-likeness (QED) is 0.428. The highest BCUT2D eigenvalue weighted by atomic mass is 32.1. The fourth-order valence-corrected chi connectivity index (χ4v) is 5.63. The molecular formula is C22H24N6O3S. The number of hydroxylamine groups is 2. The van der Waals surface area contributed by atoms with Gasteiger partial charge < -0.3 is 10.1 Å². The SMILES string of the molecule is CCN(OC)C(=O)[C@H]1CCc2c(sc3ncnc(Nc4cc5cn[nH]c5cc4OC)c23)C1. The molecule has 0 fully saturated rings. The van der Waals surface area contributed by atoms with Crippen LogP contribution >= 0.6 is 11.3 Å². The van der Waals surface area contributed by atoms with Crippen molar-refractivity contribution in [1.82, 2.24) is 25.2 Å². The lowest BCUT2D eigenvalue weighted by Crippen LogP contribution is -2.37. The third-order valence-electron chi connectivity index (χ3n) is 5.96. The third kappa shape index (κ3) is 3.45. The minimum atomic E-state index is -0.0802. The molecule has 0 saturated carbocycles. The minimum Gasteiger partial charge on any atom is -0.494 e. The van der Waals surface area contributed by atoms with Crippen molar-refractivity contribution < 1.29 is 14.4 Å². The maximum Gasteiger partial charge on any atom is 0.249 e. The Hall–Kier alpha value is -3.24. The van der Waals surface area contributed by atoms with E-state index in [1.54, 1.807) is 31.0 Å². The second-order valence-corrected chi connectivity index (χ2v) is 8.78. The van der Waals surface area contributed by atoms with E-state index in [-0.39, 0.29) is 11.8 Å². The molecule has 0 unspecified atom stereocenters. The van der Waals surface area contributed by atoms with Crippen molar-refractivity contribution in [3.05, 3.63) is 35.1 Å². The van der Waals surface area contributed by atoms with Gasteiger partial charge in [-0.25, -0.2) is 15.0 Å². The van der Waals surface area contributed by atoms with Crippen LogP contribution in [0.2, 0.25) is 0 Å². The first kappa shape index (κ1) is 20.7. The van der Waals surface area contributed by atoms with E-state index in [9.17, 15) is 4.79 Å². The number of hydrogen-bond donors (Lipinski definition) is 2. The number of nitrogens with one attached hydrogen (secondary N) is 2. The number of thiophene rings is 1. The maximum atomic E-state index is 12.8. The smallest absolute Gasteiger partial charge is 0.249 e. The van der Waals surface area contributed by atoms with Crippen LogP contribution in [0.25, 0.3) is 21.1 Å². The van der Waals surface area contributed by atoms with Gasteiger partial charge in [-0.3, -0.25) is 14.7 Å². The zero-order valence-electron chi connectivity index (χ0n) is 18.1. The number of aryl methyl sites for hydroxylation is 1. The van der Waals surface area contributed by atoms with E-state index in [0.717, 1.165) is 45.5 Å². The summed E-state index contributed by atoms with van der Waals surface area (Å²) in [6, 6.07) is 3.90. The zero-order chi connectivity index (χ0) is 22.2. The predicted molar refractivity (Wildman–Crippen MR) is 123 cm³/mol. The Morgan fingerprint density at radius 3 is 3.00 bits per heavy atom. The molecule has 0 spiro atoms. The Kier molecular flexibility index (Phi) is 5.40. The number of ether oxygens (including phenoxy) is 1. The molecule has 0 radical (unpaired) electrons. The summed E-state index contributed by atoms with van der Waals surface area (Å²) in [7, 11) is 3.18. The van der Waals surface area contributed by atoms with Gasteiger partial charge in [0.25, 0.3) is 0 Å². The predicted octanol–water partition coefficient (Wildman–Crippen LogP) is 3.83. The summed E-state index contributed by atoms with van der Waals surface area (Å²) in [6.07, 6.45) is 5.61. The van der Waals surface area contributed by atoms with E-state index in [1.807, 2.05) is 19.1 Å². The van der Waals surface area contributed by atoms with Crippen LogP contribution in [-0.4, -0.2) is 51.9 Å². The van der Waals surface area contributed by atoms with Gasteiger partial charge in [-0.15, -0.1) is 11.3 Å². The molecular weight excluding hydrogens is 428 g/mol. The van der Waals surface area contributed by atoms with Crippen molar-refractivity contribution in [3.63, 3.8) is 0 Å². The number of rotatable bonds is 6. The molecule has 0 saturated heterocycles. The Balaban J connectivity index is 1.50. The lowest BCUT2D eigenvalue weighted by atomic mass is 9.87. The third-order valence-corrected chi connectivity index (χ3v) is 7.12. The molecule has 0 aliphatic heterocycles. The fraction of sp³-hybridized carbons (Fsp3) is 0.364. The number of H-pyrrole nitrogens is 1. The number of anilines is 2. The van der Waals surface area contributed by atoms with E-state index in [0.29, 0.717) is 18.7 Å². The van der Waals surface area contributed by atoms with Crippen molar-refractivity contribution in [2.24, 2.45) is 5.92 Å². The number of aromatic amines is 1. The summed E-state index contributed by atoms with van der Waals surface area (Å²) in [4.78, 5) is 29.2. The minimum absolute atomic E-state index is 0.0423. The van der Waals surface area contributed by atoms with Gasteiger partial charge in [0, 0.05) is 28.8 Å². The standard InChI is InChI=1S/C22H24N6O3S/c1-4-28(31-3)22(29)12-5-6-14-18(8-12)32-21-19(14)20(23-11-24-21)26-16-7-13-10-25-27-15(13)9-17(16)30-2/h7,9-12H,4-6,8H2,1-3H3,(H,25,27)(H,23,24,26)/t12-/m0/s1. The number of fused-ring (bicyclic) bond motifs is 4. The zero-order valence-corrected chi connectivity index (χ0v) is 19.0. The molecule has 2 N–H and O–H groups in total. The molecule has 1 aromatic carbocycles. The van der Waals surface area contributed by atoms with Crippen LogP contribution in [-0.2, 0) is 22.5 Å². The van der Waals surface area contributed by atoms with Gasteiger partial charge in [-0.05, 0) is 37.8 Å². The Labute approximate surface area is 188 Å². The van der Waals surface area contributed by atoms with Crippen molar-refractivity contribution in [2.75, 3.05) is 26.1 Å². The van der Waals surface area contributed by atoms with Gasteiger partial charge in [-0.2, -0.15) is 5.10 Å².